The van der Waals surface area contributed by atoms with Crippen LogP contribution in [-0.4, -0.2) is 16.1 Å². The van der Waals surface area contributed by atoms with Gasteiger partial charge in [0.1, 0.15) is 11.5 Å². The predicted octanol–water partition coefficient (Wildman–Crippen LogP) is 3.80. The summed E-state index contributed by atoms with van der Waals surface area (Å²) in [5.74, 6) is 1.46. The molecule has 0 atom stereocenters. The van der Waals surface area contributed by atoms with Gasteiger partial charge >= 0.3 is 6.03 Å². The Morgan fingerprint density at radius 1 is 1.12 bits per heavy atom. The third kappa shape index (κ3) is 4.29. The van der Waals surface area contributed by atoms with Gasteiger partial charge in [-0.3, -0.25) is 0 Å². The normalized spacial score (nSPS) is 10.6. The number of hydrogen-bond acceptors (Lipinski definition) is 4. The minimum Gasteiger partial charge on any atom is -0.467 e. The van der Waals surface area contributed by atoms with Gasteiger partial charge in [0.05, 0.1) is 18.5 Å². The number of aromatic nitrogens is 1. The average molecular weight is 339 g/mol. The van der Waals surface area contributed by atoms with Crippen molar-refractivity contribution in [2.75, 3.05) is 0 Å². The number of amides is 2. The highest BCUT2D eigenvalue weighted by Gasteiger charge is 2.17. The quantitative estimate of drug-likeness (QED) is 0.741. The minimum absolute atomic E-state index is 0.166. The van der Waals surface area contributed by atoms with E-state index < -0.39 is 0 Å². The number of nitrogens with one attached hydrogen (secondary N) is 1. The Bertz CT molecular complexity index is 790. The van der Waals surface area contributed by atoms with Gasteiger partial charge in [-0.2, -0.15) is 0 Å². The molecule has 1 aromatic carbocycles. The van der Waals surface area contributed by atoms with Crippen LogP contribution in [0.5, 0.6) is 0 Å². The van der Waals surface area contributed by atoms with Crippen LogP contribution in [0.1, 0.15) is 28.3 Å². The van der Waals surface area contributed by atoms with Gasteiger partial charge in [0, 0.05) is 18.7 Å². The summed E-state index contributed by atoms with van der Waals surface area (Å²) in [6, 6.07) is 13.4. The van der Waals surface area contributed by atoms with E-state index >= 15 is 0 Å². The molecule has 6 heteroatoms. The van der Waals surface area contributed by atoms with Gasteiger partial charge < -0.3 is 19.2 Å². The summed E-state index contributed by atoms with van der Waals surface area (Å²) >= 11 is 0. The highest BCUT2D eigenvalue weighted by atomic mass is 16.5. The second kappa shape index (κ2) is 7.70. The predicted molar refractivity (Wildman–Crippen MR) is 92.6 cm³/mol. The van der Waals surface area contributed by atoms with Gasteiger partial charge in [0.15, 0.2) is 0 Å². The van der Waals surface area contributed by atoms with Gasteiger partial charge in [0.2, 0.25) is 0 Å². The van der Waals surface area contributed by atoms with Crippen LogP contribution in [-0.2, 0) is 19.6 Å². The van der Waals surface area contributed by atoms with Crippen LogP contribution in [0.2, 0.25) is 0 Å². The molecule has 0 bridgehead atoms. The average Bonchev–Trinajstić information content (AvgIpc) is 3.24. The van der Waals surface area contributed by atoms with E-state index in [0.29, 0.717) is 19.6 Å². The Morgan fingerprint density at radius 3 is 2.56 bits per heavy atom. The first-order chi connectivity index (χ1) is 12.1. The van der Waals surface area contributed by atoms with Crippen molar-refractivity contribution in [2.24, 2.45) is 0 Å². The summed E-state index contributed by atoms with van der Waals surface area (Å²) in [5, 5.41) is 6.86. The van der Waals surface area contributed by atoms with E-state index in [1.807, 2.05) is 56.3 Å². The van der Waals surface area contributed by atoms with Crippen molar-refractivity contribution >= 4 is 6.03 Å². The Balaban J connectivity index is 1.70. The number of furan rings is 1. The third-order valence-electron chi connectivity index (χ3n) is 4.03. The number of urea groups is 1. The van der Waals surface area contributed by atoms with Gasteiger partial charge in [-0.25, -0.2) is 4.79 Å². The number of hydrogen-bond donors (Lipinski definition) is 1. The van der Waals surface area contributed by atoms with E-state index in [4.69, 9.17) is 8.94 Å². The van der Waals surface area contributed by atoms with Crippen molar-refractivity contribution in [3.63, 3.8) is 0 Å². The molecule has 6 nitrogen and oxygen atoms in total. The molecule has 2 amide bonds. The summed E-state index contributed by atoms with van der Waals surface area (Å²) in [5.41, 5.74) is 2.76. The molecule has 0 spiro atoms. The maximum absolute atomic E-state index is 12.7. The van der Waals surface area contributed by atoms with Crippen LogP contribution < -0.4 is 5.32 Å². The fourth-order valence-corrected chi connectivity index (χ4v) is 2.62. The molecular weight excluding hydrogens is 318 g/mol. The molecule has 0 aliphatic heterocycles. The van der Waals surface area contributed by atoms with Crippen molar-refractivity contribution < 1.29 is 13.7 Å². The van der Waals surface area contributed by atoms with E-state index in [-0.39, 0.29) is 6.03 Å². The summed E-state index contributed by atoms with van der Waals surface area (Å²) in [4.78, 5) is 14.4. The largest absolute Gasteiger partial charge is 0.467 e. The van der Waals surface area contributed by atoms with Gasteiger partial charge in [-0.1, -0.05) is 35.5 Å². The first-order valence-corrected chi connectivity index (χ1v) is 8.14. The number of benzene rings is 1. The molecule has 2 aromatic heterocycles. The maximum atomic E-state index is 12.7. The standard InChI is InChI=1S/C19H21N3O3/c1-14-18(15(2)25-21-14)11-20-19(23)22(13-17-9-6-10-24-17)12-16-7-4-3-5-8-16/h3-10H,11-13H2,1-2H3,(H,20,23). The first kappa shape index (κ1) is 16.8. The van der Waals surface area contributed by atoms with E-state index in [9.17, 15) is 4.79 Å². The van der Waals surface area contributed by atoms with Gasteiger partial charge in [0.25, 0.3) is 0 Å². The lowest BCUT2D eigenvalue weighted by Gasteiger charge is -2.22. The van der Waals surface area contributed by atoms with Crippen LogP contribution in [0.15, 0.2) is 57.7 Å². The molecule has 0 fully saturated rings. The number of rotatable bonds is 6. The van der Waals surface area contributed by atoms with Crippen molar-refractivity contribution in [3.05, 3.63) is 77.1 Å². The Kier molecular flexibility index (Phi) is 5.18. The summed E-state index contributed by atoms with van der Waals surface area (Å²) in [6.45, 7) is 4.97. The molecule has 0 unspecified atom stereocenters. The molecule has 0 saturated carbocycles. The molecule has 0 radical (unpaired) electrons. The lowest BCUT2D eigenvalue weighted by atomic mass is 10.2. The van der Waals surface area contributed by atoms with Gasteiger partial charge in [-0.05, 0) is 31.5 Å². The number of carbonyl (C=O) groups is 1. The van der Waals surface area contributed by atoms with Crippen molar-refractivity contribution in [1.82, 2.24) is 15.4 Å². The second-order valence-corrected chi connectivity index (χ2v) is 5.88. The number of nitrogens with zero attached hydrogens (tertiary/aromatic N) is 2. The molecule has 0 aliphatic carbocycles. The van der Waals surface area contributed by atoms with Crippen LogP contribution in [0, 0.1) is 13.8 Å². The zero-order chi connectivity index (χ0) is 17.6. The SMILES string of the molecule is Cc1noc(C)c1CNC(=O)N(Cc1ccccc1)Cc1ccco1. The summed E-state index contributed by atoms with van der Waals surface area (Å²) in [7, 11) is 0. The zero-order valence-corrected chi connectivity index (χ0v) is 14.4. The number of aryl methyl sites for hydroxylation is 2. The van der Waals surface area contributed by atoms with Crippen LogP contribution in [0.4, 0.5) is 4.79 Å². The Morgan fingerprint density at radius 2 is 1.92 bits per heavy atom. The molecular formula is C19H21N3O3. The van der Waals surface area contributed by atoms with E-state index in [0.717, 1.165) is 28.3 Å². The Labute approximate surface area is 146 Å². The summed E-state index contributed by atoms with van der Waals surface area (Å²) in [6.07, 6.45) is 1.61. The molecule has 25 heavy (non-hydrogen) atoms. The molecule has 3 aromatic rings. The van der Waals surface area contributed by atoms with Crippen molar-refractivity contribution in [2.45, 2.75) is 33.5 Å². The second-order valence-electron chi connectivity index (χ2n) is 5.88. The summed E-state index contributed by atoms with van der Waals surface area (Å²) < 4.78 is 10.5. The molecule has 130 valence electrons. The maximum Gasteiger partial charge on any atom is 0.318 e. The monoisotopic (exact) mass is 339 g/mol. The smallest absolute Gasteiger partial charge is 0.318 e. The molecule has 0 saturated heterocycles. The zero-order valence-electron chi connectivity index (χ0n) is 14.4. The van der Waals surface area contributed by atoms with E-state index in [1.54, 1.807) is 11.2 Å². The highest BCUT2D eigenvalue weighted by molar-refractivity contribution is 5.74. The van der Waals surface area contributed by atoms with Crippen molar-refractivity contribution in [1.29, 1.82) is 0 Å². The number of carbonyl (C=O) groups excluding carboxylic acids is 1. The fourth-order valence-electron chi connectivity index (χ4n) is 2.62. The van der Waals surface area contributed by atoms with Crippen LogP contribution in [0.25, 0.3) is 0 Å². The van der Waals surface area contributed by atoms with Crippen LogP contribution in [0.3, 0.4) is 0 Å². The fraction of sp³-hybridized carbons (Fsp3) is 0.263. The molecule has 3 rings (SSSR count). The highest BCUT2D eigenvalue weighted by Crippen LogP contribution is 2.14. The lowest BCUT2D eigenvalue weighted by Crippen LogP contribution is -2.38. The molecule has 2 heterocycles. The topological polar surface area (TPSA) is 71.5 Å². The van der Waals surface area contributed by atoms with E-state index in [1.165, 1.54) is 0 Å². The van der Waals surface area contributed by atoms with Crippen LogP contribution >= 0.6 is 0 Å². The van der Waals surface area contributed by atoms with E-state index in [2.05, 4.69) is 10.5 Å². The minimum atomic E-state index is -0.166. The Hall–Kier alpha value is -3.02. The third-order valence-corrected chi connectivity index (χ3v) is 4.03. The van der Waals surface area contributed by atoms with Gasteiger partial charge in [-0.15, -0.1) is 0 Å². The first-order valence-electron chi connectivity index (χ1n) is 8.14. The molecule has 0 aliphatic rings. The van der Waals surface area contributed by atoms with Crippen molar-refractivity contribution in [3.8, 4) is 0 Å². The lowest BCUT2D eigenvalue weighted by molar-refractivity contribution is 0.187. The molecule has 1 N–H and O–H groups in total.